The second-order valence-corrected chi connectivity index (χ2v) is 4.13. The van der Waals surface area contributed by atoms with Crippen molar-refractivity contribution in [3.8, 4) is 0 Å². The second-order valence-electron chi connectivity index (χ2n) is 4.13. The molecular weight excluding hydrogens is 260 g/mol. The van der Waals surface area contributed by atoms with E-state index in [1.807, 2.05) is 18.2 Å². The molecule has 1 aromatic heterocycles. The molecule has 1 heterocycles. The molecule has 1 amide bonds. The molecule has 2 rings (SSSR count). The molecular formula is C14H16N2O4. The number of hydrogen-bond donors (Lipinski definition) is 2. The lowest BCUT2D eigenvalue weighted by atomic mass is 10.3. The number of para-hydroxylation sites is 2. The standard InChI is InChI=1S/C14H16N2O4/c17-9-7-16(8-10-18)14(19)6-5-13-15-11-3-1-2-4-12(11)20-13/h1-6,17-18H,7-10H2. The van der Waals surface area contributed by atoms with Crippen LogP contribution >= 0.6 is 0 Å². The van der Waals surface area contributed by atoms with Crippen molar-refractivity contribution in [3.05, 3.63) is 36.2 Å². The van der Waals surface area contributed by atoms with Gasteiger partial charge in [-0.15, -0.1) is 0 Å². The molecule has 0 fully saturated rings. The highest BCUT2D eigenvalue weighted by atomic mass is 16.3. The quantitative estimate of drug-likeness (QED) is 0.757. The van der Waals surface area contributed by atoms with Crippen LogP contribution in [-0.2, 0) is 4.79 Å². The molecule has 0 bridgehead atoms. The van der Waals surface area contributed by atoms with Crippen molar-refractivity contribution >= 4 is 23.1 Å². The zero-order valence-electron chi connectivity index (χ0n) is 10.9. The monoisotopic (exact) mass is 276 g/mol. The van der Waals surface area contributed by atoms with Gasteiger partial charge in [0.25, 0.3) is 0 Å². The Kier molecular flexibility index (Phi) is 4.86. The fourth-order valence-electron chi connectivity index (χ4n) is 1.78. The van der Waals surface area contributed by atoms with Gasteiger partial charge in [0.2, 0.25) is 11.8 Å². The third-order valence-electron chi connectivity index (χ3n) is 2.73. The molecule has 0 radical (unpaired) electrons. The van der Waals surface area contributed by atoms with E-state index in [4.69, 9.17) is 14.6 Å². The minimum absolute atomic E-state index is 0.150. The molecule has 0 atom stereocenters. The molecule has 20 heavy (non-hydrogen) atoms. The summed E-state index contributed by atoms with van der Waals surface area (Å²) in [5.74, 6) is 0.0304. The Bertz CT molecular complexity index is 567. The van der Waals surface area contributed by atoms with Gasteiger partial charge in [0.15, 0.2) is 5.58 Å². The average Bonchev–Trinajstić information content (AvgIpc) is 2.87. The van der Waals surface area contributed by atoms with E-state index in [2.05, 4.69) is 4.98 Å². The van der Waals surface area contributed by atoms with Crippen LogP contribution in [0, 0.1) is 0 Å². The van der Waals surface area contributed by atoms with Crippen LogP contribution < -0.4 is 0 Å². The summed E-state index contributed by atoms with van der Waals surface area (Å²) in [4.78, 5) is 17.4. The maximum atomic E-state index is 11.9. The van der Waals surface area contributed by atoms with Crippen LogP contribution in [0.5, 0.6) is 0 Å². The van der Waals surface area contributed by atoms with E-state index in [1.165, 1.54) is 17.1 Å². The largest absolute Gasteiger partial charge is 0.437 e. The van der Waals surface area contributed by atoms with Crippen molar-refractivity contribution in [1.82, 2.24) is 9.88 Å². The topological polar surface area (TPSA) is 86.8 Å². The highest BCUT2D eigenvalue weighted by Gasteiger charge is 2.09. The number of fused-ring (bicyclic) bond motifs is 1. The predicted octanol–water partition coefficient (Wildman–Crippen LogP) is 0.654. The third-order valence-corrected chi connectivity index (χ3v) is 2.73. The lowest BCUT2D eigenvalue weighted by molar-refractivity contribution is -0.126. The Morgan fingerprint density at radius 1 is 1.25 bits per heavy atom. The first kappa shape index (κ1) is 14.2. The third kappa shape index (κ3) is 3.43. The van der Waals surface area contributed by atoms with Crippen LogP contribution in [-0.4, -0.2) is 52.3 Å². The Morgan fingerprint density at radius 3 is 2.60 bits per heavy atom. The highest BCUT2D eigenvalue weighted by molar-refractivity contribution is 5.91. The number of benzene rings is 1. The molecule has 0 aliphatic heterocycles. The summed E-state index contributed by atoms with van der Waals surface area (Å²) in [6, 6.07) is 7.32. The summed E-state index contributed by atoms with van der Waals surface area (Å²) in [6.45, 7) is 0.0551. The minimum atomic E-state index is -0.310. The van der Waals surface area contributed by atoms with Crippen LogP contribution in [0.4, 0.5) is 0 Å². The van der Waals surface area contributed by atoms with Gasteiger partial charge in [0.1, 0.15) is 5.52 Å². The number of rotatable bonds is 6. The van der Waals surface area contributed by atoms with Crippen molar-refractivity contribution in [3.63, 3.8) is 0 Å². The summed E-state index contributed by atoms with van der Waals surface area (Å²) < 4.78 is 5.45. The highest BCUT2D eigenvalue weighted by Crippen LogP contribution is 2.15. The Labute approximate surface area is 116 Å². The number of aliphatic hydroxyl groups is 2. The molecule has 0 aliphatic rings. The fourth-order valence-corrected chi connectivity index (χ4v) is 1.78. The molecule has 2 N–H and O–H groups in total. The molecule has 0 saturated carbocycles. The van der Waals surface area contributed by atoms with E-state index in [-0.39, 0.29) is 32.2 Å². The van der Waals surface area contributed by atoms with E-state index in [1.54, 1.807) is 6.07 Å². The number of aliphatic hydroxyl groups excluding tert-OH is 2. The molecule has 0 spiro atoms. The SMILES string of the molecule is O=C(C=Cc1nc2ccccc2o1)N(CCO)CCO. The van der Waals surface area contributed by atoms with E-state index in [0.717, 1.165) is 5.52 Å². The number of hydrogen-bond acceptors (Lipinski definition) is 5. The van der Waals surface area contributed by atoms with Gasteiger partial charge in [-0.05, 0) is 12.1 Å². The number of nitrogens with zero attached hydrogens (tertiary/aromatic N) is 2. The van der Waals surface area contributed by atoms with Gasteiger partial charge in [-0.3, -0.25) is 4.79 Å². The zero-order valence-corrected chi connectivity index (χ0v) is 10.9. The van der Waals surface area contributed by atoms with E-state index in [0.29, 0.717) is 11.5 Å². The smallest absolute Gasteiger partial charge is 0.246 e. The summed E-state index contributed by atoms with van der Waals surface area (Å²) in [6.07, 6.45) is 2.79. The summed E-state index contributed by atoms with van der Waals surface area (Å²) in [7, 11) is 0. The van der Waals surface area contributed by atoms with Crippen LogP contribution in [0.1, 0.15) is 5.89 Å². The molecule has 0 saturated heterocycles. The zero-order chi connectivity index (χ0) is 14.4. The number of carbonyl (C=O) groups excluding carboxylic acids is 1. The summed E-state index contributed by atoms with van der Waals surface area (Å²) in [5.41, 5.74) is 1.38. The van der Waals surface area contributed by atoms with Gasteiger partial charge < -0.3 is 19.5 Å². The van der Waals surface area contributed by atoms with Crippen LogP contribution in [0.15, 0.2) is 34.8 Å². The fraction of sp³-hybridized carbons (Fsp3) is 0.286. The number of aromatic nitrogens is 1. The summed E-state index contributed by atoms with van der Waals surface area (Å²) in [5, 5.41) is 17.7. The number of amides is 1. The Hall–Kier alpha value is -2.18. The normalized spacial score (nSPS) is 11.3. The lowest BCUT2D eigenvalue weighted by Gasteiger charge is -2.18. The maximum absolute atomic E-state index is 11.9. The molecule has 1 aromatic carbocycles. The Balaban J connectivity index is 2.08. The van der Waals surface area contributed by atoms with Crippen molar-refractivity contribution in [2.24, 2.45) is 0 Å². The molecule has 6 nitrogen and oxygen atoms in total. The van der Waals surface area contributed by atoms with Gasteiger partial charge in [-0.1, -0.05) is 12.1 Å². The van der Waals surface area contributed by atoms with Gasteiger partial charge in [-0.25, -0.2) is 4.98 Å². The van der Waals surface area contributed by atoms with Crippen LogP contribution in [0.2, 0.25) is 0 Å². The Morgan fingerprint density at radius 2 is 1.95 bits per heavy atom. The molecule has 0 unspecified atom stereocenters. The van der Waals surface area contributed by atoms with E-state index < -0.39 is 0 Å². The van der Waals surface area contributed by atoms with E-state index in [9.17, 15) is 4.79 Å². The summed E-state index contributed by atoms with van der Waals surface area (Å²) >= 11 is 0. The molecule has 106 valence electrons. The van der Waals surface area contributed by atoms with Crippen molar-refractivity contribution < 1.29 is 19.4 Å². The number of oxazole rings is 1. The maximum Gasteiger partial charge on any atom is 0.246 e. The van der Waals surface area contributed by atoms with Gasteiger partial charge in [0, 0.05) is 25.2 Å². The van der Waals surface area contributed by atoms with Crippen molar-refractivity contribution in [2.45, 2.75) is 0 Å². The first-order valence-electron chi connectivity index (χ1n) is 6.29. The minimum Gasteiger partial charge on any atom is -0.437 e. The van der Waals surface area contributed by atoms with Crippen molar-refractivity contribution in [2.75, 3.05) is 26.3 Å². The van der Waals surface area contributed by atoms with Gasteiger partial charge in [-0.2, -0.15) is 0 Å². The molecule has 2 aromatic rings. The lowest BCUT2D eigenvalue weighted by Crippen LogP contribution is -2.34. The van der Waals surface area contributed by atoms with E-state index >= 15 is 0 Å². The van der Waals surface area contributed by atoms with Crippen LogP contribution in [0.3, 0.4) is 0 Å². The first-order chi connectivity index (χ1) is 9.74. The predicted molar refractivity (Wildman–Crippen MR) is 73.8 cm³/mol. The average molecular weight is 276 g/mol. The van der Waals surface area contributed by atoms with Crippen LogP contribution in [0.25, 0.3) is 17.2 Å². The second kappa shape index (κ2) is 6.83. The van der Waals surface area contributed by atoms with Crippen molar-refractivity contribution in [1.29, 1.82) is 0 Å². The number of carbonyl (C=O) groups is 1. The first-order valence-corrected chi connectivity index (χ1v) is 6.29. The van der Waals surface area contributed by atoms with Gasteiger partial charge >= 0.3 is 0 Å². The molecule has 6 heteroatoms. The molecule has 0 aliphatic carbocycles. The van der Waals surface area contributed by atoms with Gasteiger partial charge in [0.05, 0.1) is 13.2 Å².